The molecule has 0 aromatic rings. The Kier molecular flexibility index (Phi) is 21.9. The predicted molar refractivity (Wildman–Crippen MR) is 111 cm³/mol. The summed E-state index contributed by atoms with van der Waals surface area (Å²) in [5.74, 6) is 0. The highest BCUT2D eigenvalue weighted by molar-refractivity contribution is 4.51. The molecule has 1 atom stereocenters. The van der Waals surface area contributed by atoms with Crippen molar-refractivity contribution in [3.8, 4) is 0 Å². The molecule has 0 radical (unpaired) electrons. The first-order valence-corrected chi connectivity index (χ1v) is 11.5. The van der Waals surface area contributed by atoms with Crippen LogP contribution in [-0.2, 0) is 4.74 Å². The summed E-state index contributed by atoms with van der Waals surface area (Å²) in [5.41, 5.74) is 0. The van der Waals surface area contributed by atoms with Gasteiger partial charge < -0.3 is 9.84 Å². The Morgan fingerprint density at radius 1 is 0.520 bits per heavy atom. The normalized spacial score (nSPS) is 12.6. The van der Waals surface area contributed by atoms with Crippen molar-refractivity contribution in [1.29, 1.82) is 0 Å². The summed E-state index contributed by atoms with van der Waals surface area (Å²) in [5, 5.41) is 9.28. The van der Waals surface area contributed by atoms with Crippen LogP contribution in [0.5, 0.6) is 0 Å². The second-order valence-electron chi connectivity index (χ2n) is 7.84. The Morgan fingerprint density at radius 3 is 1.08 bits per heavy atom. The lowest BCUT2D eigenvalue weighted by atomic mass is 10.0. The molecule has 0 unspecified atom stereocenters. The Morgan fingerprint density at radius 2 is 0.800 bits per heavy atom. The van der Waals surface area contributed by atoms with Crippen LogP contribution in [-0.4, -0.2) is 18.5 Å². The summed E-state index contributed by atoms with van der Waals surface area (Å²) < 4.78 is 4.84. The van der Waals surface area contributed by atoms with Crippen LogP contribution in [0.25, 0.3) is 0 Å². The summed E-state index contributed by atoms with van der Waals surface area (Å²) >= 11 is 0. The van der Waals surface area contributed by atoms with E-state index in [9.17, 15) is 5.11 Å². The van der Waals surface area contributed by atoms with E-state index in [1.54, 1.807) is 7.11 Å². The molecule has 0 aromatic carbocycles. The molecule has 2 nitrogen and oxygen atoms in total. The third-order valence-electron chi connectivity index (χ3n) is 5.33. The van der Waals surface area contributed by atoms with Crippen LogP contribution in [0.1, 0.15) is 135 Å². The van der Waals surface area contributed by atoms with E-state index in [4.69, 9.17) is 4.74 Å². The van der Waals surface area contributed by atoms with Gasteiger partial charge in [0.15, 0.2) is 6.29 Å². The summed E-state index contributed by atoms with van der Waals surface area (Å²) in [6.07, 6.45) is 26.9. The molecule has 0 saturated carbocycles. The van der Waals surface area contributed by atoms with Crippen LogP contribution in [0.3, 0.4) is 0 Å². The zero-order valence-electron chi connectivity index (χ0n) is 17.6. The van der Waals surface area contributed by atoms with E-state index in [0.29, 0.717) is 0 Å². The Balaban J connectivity index is 2.98. The van der Waals surface area contributed by atoms with E-state index in [2.05, 4.69) is 6.92 Å². The summed E-state index contributed by atoms with van der Waals surface area (Å²) in [6.45, 7) is 2.29. The number of hydrogen-bond donors (Lipinski definition) is 1. The minimum Gasteiger partial charge on any atom is -0.368 e. The van der Waals surface area contributed by atoms with Gasteiger partial charge in [-0.25, -0.2) is 0 Å². The lowest BCUT2D eigenvalue weighted by Gasteiger charge is -2.07. The number of methoxy groups -OCH3 is 1. The van der Waals surface area contributed by atoms with Gasteiger partial charge in [-0.05, 0) is 12.8 Å². The number of ether oxygens (including phenoxy) is 1. The molecular formula is C23H48O2. The topological polar surface area (TPSA) is 29.5 Å². The smallest absolute Gasteiger partial charge is 0.154 e. The van der Waals surface area contributed by atoms with Crippen molar-refractivity contribution in [3.63, 3.8) is 0 Å². The van der Waals surface area contributed by atoms with Gasteiger partial charge in [0.2, 0.25) is 0 Å². The highest BCUT2D eigenvalue weighted by atomic mass is 16.6. The monoisotopic (exact) mass is 356 g/mol. The highest BCUT2D eigenvalue weighted by Gasteiger charge is 2.00. The molecule has 0 aliphatic carbocycles. The van der Waals surface area contributed by atoms with Crippen molar-refractivity contribution in [2.75, 3.05) is 7.11 Å². The van der Waals surface area contributed by atoms with Crippen molar-refractivity contribution in [2.45, 2.75) is 142 Å². The Labute approximate surface area is 159 Å². The second-order valence-corrected chi connectivity index (χ2v) is 7.84. The van der Waals surface area contributed by atoms with Crippen LogP contribution in [0.15, 0.2) is 0 Å². The minimum atomic E-state index is -0.550. The summed E-state index contributed by atoms with van der Waals surface area (Å²) in [6, 6.07) is 0. The zero-order chi connectivity index (χ0) is 18.4. The van der Waals surface area contributed by atoms with E-state index in [-0.39, 0.29) is 0 Å². The molecule has 0 rings (SSSR count). The van der Waals surface area contributed by atoms with Gasteiger partial charge >= 0.3 is 0 Å². The quantitative estimate of drug-likeness (QED) is 0.168. The molecule has 1 N–H and O–H groups in total. The molecule has 2 heteroatoms. The standard InChI is InChI=1S/C23H48O2/c1-3-4-5-6-7-8-9-10-11-12-13-14-15-16-17-18-19-20-21-22-23(24)25-2/h23-24H,3-22H2,1-2H3/t23-/m0/s1. The number of rotatable bonds is 21. The SMILES string of the molecule is CCCCCCCCCCCCCCCCCCCCC[C@@H](O)OC. The first-order valence-electron chi connectivity index (χ1n) is 11.5. The molecule has 0 saturated heterocycles. The average molecular weight is 357 g/mol. The zero-order valence-corrected chi connectivity index (χ0v) is 17.6. The second kappa shape index (κ2) is 22.0. The fraction of sp³-hybridized carbons (Fsp3) is 1.00. The molecule has 152 valence electrons. The van der Waals surface area contributed by atoms with Gasteiger partial charge in [-0.15, -0.1) is 0 Å². The van der Waals surface area contributed by atoms with Crippen molar-refractivity contribution in [3.05, 3.63) is 0 Å². The predicted octanol–water partition coefficient (Wildman–Crippen LogP) is 7.77. The summed E-state index contributed by atoms with van der Waals surface area (Å²) in [4.78, 5) is 0. The summed E-state index contributed by atoms with van der Waals surface area (Å²) in [7, 11) is 1.57. The van der Waals surface area contributed by atoms with Crippen molar-refractivity contribution in [2.24, 2.45) is 0 Å². The lowest BCUT2D eigenvalue weighted by molar-refractivity contribution is -0.0793. The van der Waals surface area contributed by atoms with Gasteiger partial charge in [-0.2, -0.15) is 0 Å². The van der Waals surface area contributed by atoms with Gasteiger partial charge in [-0.1, -0.05) is 122 Å². The number of unbranched alkanes of at least 4 members (excludes halogenated alkanes) is 18. The first kappa shape index (κ1) is 24.9. The molecule has 25 heavy (non-hydrogen) atoms. The molecule has 0 aromatic heterocycles. The van der Waals surface area contributed by atoms with Crippen LogP contribution in [0.4, 0.5) is 0 Å². The fourth-order valence-corrected chi connectivity index (χ4v) is 3.52. The fourth-order valence-electron chi connectivity index (χ4n) is 3.52. The van der Waals surface area contributed by atoms with E-state index >= 15 is 0 Å². The van der Waals surface area contributed by atoms with Crippen LogP contribution >= 0.6 is 0 Å². The molecule has 0 fully saturated rings. The lowest BCUT2D eigenvalue weighted by Crippen LogP contribution is -2.07. The van der Waals surface area contributed by atoms with E-state index in [0.717, 1.165) is 12.8 Å². The van der Waals surface area contributed by atoms with E-state index < -0.39 is 6.29 Å². The number of aliphatic hydroxyl groups is 1. The molecule has 0 amide bonds. The Hall–Kier alpha value is -0.0800. The van der Waals surface area contributed by atoms with Crippen LogP contribution in [0, 0.1) is 0 Å². The van der Waals surface area contributed by atoms with E-state index in [1.807, 2.05) is 0 Å². The minimum absolute atomic E-state index is 0.550. The van der Waals surface area contributed by atoms with Crippen LogP contribution in [0.2, 0.25) is 0 Å². The van der Waals surface area contributed by atoms with Crippen molar-refractivity contribution in [1.82, 2.24) is 0 Å². The number of aliphatic hydroxyl groups excluding tert-OH is 1. The first-order chi connectivity index (χ1) is 12.3. The maximum Gasteiger partial charge on any atom is 0.154 e. The maximum absolute atomic E-state index is 9.28. The largest absolute Gasteiger partial charge is 0.368 e. The third kappa shape index (κ3) is 21.9. The maximum atomic E-state index is 9.28. The van der Waals surface area contributed by atoms with Gasteiger partial charge in [0.25, 0.3) is 0 Å². The molecule has 0 spiro atoms. The third-order valence-corrected chi connectivity index (χ3v) is 5.33. The molecule has 0 aliphatic heterocycles. The molecule has 0 heterocycles. The van der Waals surface area contributed by atoms with Gasteiger partial charge in [0, 0.05) is 7.11 Å². The molecule has 0 bridgehead atoms. The van der Waals surface area contributed by atoms with Crippen LogP contribution < -0.4 is 0 Å². The van der Waals surface area contributed by atoms with E-state index in [1.165, 1.54) is 116 Å². The highest BCUT2D eigenvalue weighted by Crippen LogP contribution is 2.15. The van der Waals surface area contributed by atoms with Gasteiger partial charge in [-0.3, -0.25) is 0 Å². The molecule has 0 aliphatic rings. The van der Waals surface area contributed by atoms with Gasteiger partial charge in [0.1, 0.15) is 0 Å². The Bertz CT molecular complexity index is 230. The van der Waals surface area contributed by atoms with Gasteiger partial charge in [0.05, 0.1) is 0 Å². The van der Waals surface area contributed by atoms with Crippen molar-refractivity contribution < 1.29 is 9.84 Å². The average Bonchev–Trinajstić information content (AvgIpc) is 2.63. The molecular weight excluding hydrogens is 308 g/mol. The van der Waals surface area contributed by atoms with Crippen molar-refractivity contribution >= 4 is 0 Å². The number of hydrogen-bond acceptors (Lipinski definition) is 2.